The highest BCUT2D eigenvalue weighted by molar-refractivity contribution is 7.91. The molecule has 0 unspecified atom stereocenters. The average molecular weight is 697 g/mol. The number of hydrogen-bond donors (Lipinski definition) is 3. The lowest BCUT2D eigenvalue weighted by molar-refractivity contribution is -0.142. The number of ether oxygens (including phenoxy) is 2. The highest BCUT2D eigenvalue weighted by Crippen LogP contribution is 2.46. The molecule has 262 valence electrons. The van der Waals surface area contributed by atoms with Crippen LogP contribution >= 0.6 is 0 Å². The molecule has 1 aromatic heterocycles. The normalized spacial score (nSPS) is 28.0. The van der Waals surface area contributed by atoms with Crippen LogP contribution in [0.4, 0.5) is 4.79 Å². The van der Waals surface area contributed by atoms with Crippen molar-refractivity contribution in [2.75, 3.05) is 19.8 Å². The number of para-hydroxylation sites is 1. The zero-order chi connectivity index (χ0) is 35.1. The fourth-order valence-electron chi connectivity index (χ4n) is 6.13. The Hall–Kier alpha value is -4.80. The van der Waals surface area contributed by atoms with Crippen molar-refractivity contribution in [1.29, 1.82) is 0 Å². The molecule has 1 aromatic carbocycles. The Bertz CT molecular complexity index is 1800. The molecule has 16 nitrogen and oxygen atoms in total. The Balaban J connectivity index is 1.33. The van der Waals surface area contributed by atoms with Crippen molar-refractivity contribution < 1.29 is 37.1 Å². The number of alkyl carbamates (subject to hydrolysis) is 1. The molecule has 3 N–H and O–H groups in total. The molecule has 17 heteroatoms. The molecule has 5 atom stereocenters. The number of cyclic esters (lactones) is 1. The van der Waals surface area contributed by atoms with Crippen molar-refractivity contribution in [3.05, 3.63) is 49.1 Å². The number of sulfonamides is 1. The summed E-state index contributed by atoms with van der Waals surface area (Å²) >= 11 is 0. The Kier molecular flexibility index (Phi) is 8.98. The number of aromatic nitrogens is 4. The number of benzene rings is 1. The minimum absolute atomic E-state index is 0.0307. The molecule has 2 aliphatic heterocycles. The fraction of sp³-hybridized carbons (Fsp3) is 0.531. The number of hydrogen-bond acceptors (Lipinski definition) is 11. The van der Waals surface area contributed by atoms with Gasteiger partial charge in [0.25, 0.3) is 5.91 Å². The third-order valence-electron chi connectivity index (χ3n) is 9.18. The van der Waals surface area contributed by atoms with Crippen LogP contribution in [0.15, 0.2) is 49.1 Å². The quantitative estimate of drug-likeness (QED) is 0.367. The third kappa shape index (κ3) is 7.02. The van der Waals surface area contributed by atoms with Gasteiger partial charge in [-0.2, -0.15) is 4.80 Å². The molecule has 2 saturated carbocycles. The van der Waals surface area contributed by atoms with E-state index >= 15 is 0 Å². The number of carbonyl (C=O) groups is 4. The van der Waals surface area contributed by atoms with Crippen molar-refractivity contribution in [2.45, 2.75) is 75.4 Å². The zero-order valence-electron chi connectivity index (χ0n) is 27.5. The second-order valence-electron chi connectivity index (χ2n) is 13.8. The molecule has 1 saturated heterocycles. The minimum Gasteiger partial charge on any atom is -0.489 e. The monoisotopic (exact) mass is 696 g/mol. The molecule has 4 bridgehead atoms. The summed E-state index contributed by atoms with van der Waals surface area (Å²) in [6, 6.07) is 4.24. The molecular weight excluding hydrogens is 656 g/mol. The highest BCUT2D eigenvalue weighted by Gasteiger charge is 2.62. The van der Waals surface area contributed by atoms with Gasteiger partial charge in [-0.1, -0.05) is 39.0 Å². The lowest BCUT2D eigenvalue weighted by atomic mass is 9.85. The SMILES string of the molecule is C=C[C@@H]1C[C@]1(NC(=O)[C@@H]1C[C@@H]2CN1C(=O)[C@H](C(C)(C)C)NC(=O)OC/C=C/COc1ccccc1-c1nnn2n1)C(=O)NS(=O)(=O)C1CC1. The largest absolute Gasteiger partial charge is 0.489 e. The van der Waals surface area contributed by atoms with Crippen LogP contribution in [0.3, 0.4) is 0 Å². The van der Waals surface area contributed by atoms with E-state index in [2.05, 4.69) is 37.3 Å². The van der Waals surface area contributed by atoms with E-state index in [1.165, 1.54) is 15.8 Å². The fourth-order valence-corrected chi connectivity index (χ4v) is 7.49. The summed E-state index contributed by atoms with van der Waals surface area (Å²) in [6.07, 6.45) is 5.04. The van der Waals surface area contributed by atoms with Crippen molar-refractivity contribution in [1.82, 2.24) is 40.5 Å². The first-order valence-corrected chi connectivity index (χ1v) is 17.7. The number of nitrogens with one attached hydrogen (secondary N) is 3. The summed E-state index contributed by atoms with van der Waals surface area (Å²) in [5.74, 6) is -1.85. The molecule has 4 aliphatic rings. The van der Waals surface area contributed by atoms with Crippen LogP contribution in [0, 0.1) is 11.3 Å². The van der Waals surface area contributed by atoms with Crippen LogP contribution < -0.4 is 20.1 Å². The van der Waals surface area contributed by atoms with Crippen LogP contribution in [0.1, 0.15) is 52.5 Å². The van der Waals surface area contributed by atoms with E-state index in [1.54, 1.807) is 57.2 Å². The van der Waals surface area contributed by atoms with Crippen LogP contribution in [0.25, 0.3) is 11.4 Å². The first-order valence-electron chi connectivity index (χ1n) is 16.1. The van der Waals surface area contributed by atoms with E-state index < -0.39 is 74.1 Å². The van der Waals surface area contributed by atoms with Gasteiger partial charge in [0.1, 0.15) is 36.6 Å². The molecule has 2 aliphatic carbocycles. The third-order valence-corrected chi connectivity index (χ3v) is 11.0. The molecule has 4 amide bonds. The number of amides is 4. The van der Waals surface area contributed by atoms with Gasteiger partial charge in [-0.3, -0.25) is 19.1 Å². The average Bonchev–Trinajstić information content (AvgIpc) is 3.93. The van der Waals surface area contributed by atoms with Gasteiger partial charge in [-0.05, 0) is 54.2 Å². The van der Waals surface area contributed by atoms with E-state index in [4.69, 9.17) is 9.47 Å². The lowest BCUT2D eigenvalue weighted by Crippen LogP contribution is -2.60. The Morgan fingerprint density at radius 1 is 1.12 bits per heavy atom. The van der Waals surface area contributed by atoms with E-state index in [0.29, 0.717) is 24.2 Å². The Labute approximate surface area is 283 Å². The van der Waals surface area contributed by atoms with Crippen LogP contribution in [0.2, 0.25) is 0 Å². The summed E-state index contributed by atoms with van der Waals surface area (Å²) in [4.78, 5) is 57.4. The second-order valence-corrected chi connectivity index (χ2v) is 15.8. The highest BCUT2D eigenvalue weighted by atomic mass is 32.2. The molecule has 49 heavy (non-hydrogen) atoms. The summed E-state index contributed by atoms with van der Waals surface area (Å²) in [5.41, 5.74) is -1.79. The maximum Gasteiger partial charge on any atom is 0.408 e. The second kappa shape index (κ2) is 12.9. The Morgan fingerprint density at radius 3 is 2.51 bits per heavy atom. The smallest absolute Gasteiger partial charge is 0.408 e. The number of carbonyl (C=O) groups excluding carboxylic acids is 4. The van der Waals surface area contributed by atoms with Gasteiger partial charge in [0.05, 0.1) is 16.9 Å². The lowest BCUT2D eigenvalue weighted by Gasteiger charge is -2.35. The molecule has 0 spiro atoms. The molecule has 3 fully saturated rings. The first-order chi connectivity index (χ1) is 23.2. The maximum absolute atomic E-state index is 14.3. The molecule has 3 heterocycles. The number of nitrogens with zero attached hydrogens (tertiary/aromatic N) is 5. The van der Waals surface area contributed by atoms with E-state index in [9.17, 15) is 27.6 Å². The number of rotatable bonds is 6. The van der Waals surface area contributed by atoms with Crippen LogP contribution in [-0.2, 0) is 29.1 Å². The van der Waals surface area contributed by atoms with Gasteiger partial charge in [0.15, 0.2) is 0 Å². The predicted octanol–water partition coefficient (Wildman–Crippen LogP) is 1.24. The van der Waals surface area contributed by atoms with Gasteiger partial charge < -0.3 is 25.0 Å². The first kappa shape index (κ1) is 34.1. The van der Waals surface area contributed by atoms with Gasteiger partial charge in [-0.25, -0.2) is 13.2 Å². The zero-order valence-corrected chi connectivity index (χ0v) is 28.3. The van der Waals surface area contributed by atoms with Crippen LogP contribution in [-0.4, -0.2) is 100.0 Å². The summed E-state index contributed by atoms with van der Waals surface area (Å²) in [5, 5.41) is 17.9. The topological polar surface area (TPSA) is 204 Å². The van der Waals surface area contributed by atoms with E-state index in [0.717, 1.165) is 0 Å². The van der Waals surface area contributed by atoms with Gasteiger partial charge in [0.2, 0.25) is 27.7 Å². The van der Waals surface area contributed by atoms with Gasteiger partial charge >= 0.3 is 6.09 Å². The van der Waals surface area contributed by atoms with E-state index in [-0.39, 0.29) is 38.4 Å². The van der Waals surface area contributed by atoms with Crippen molar-refractivity contribution in [2.24, 2.45) is 11.3 Å². The summed E-state index contributed by atoms with van der Waals surface area (Å²) < 4.78 is 38.6. The van der Waals surface area contributed by atoms with E-state index in [1.807, 2.05) is 0 Å². The molecule has 2 aromatic rings. The van der Waals surface area contributed by atoms with Crippen LogP contribution in [0.5, 0.6) is 5.75 Å². The predicted molar refractivity (Wildman–Crippen MR) is 174 cm³/mol. The molecule has 6 rings (SSSR count). The molecule has 0 radical (unpaired) electrons. The van der Waals surface area contributed by atoms with Crippen molar-refractivity contribution in [3.63, 3.8) is 0 Å². The number of fused-ring (bicyclic) bond motifs is 7. The Morgan fingerprint density at radius 2 is 1.84 bits per heavy atom. The van der Waals surface area contributed by atoms with Crippen molar-refractivity contribution in [3.8, 4) is 17.1 Å². The van der Waals surface area contributed by atoms with Gasteiger partial charge in [0, 0.05) is 18.9 Å². The van der Waals surface area contributed by atoms with Crippen molar-refractivity contribution >= 4 is 33.8 Å². The number of tetrazole rings is 1. The summed E-state index contributed by atoms with van der Waals surface area (Å²) in [7, 11) is -3.89. The standard InChI is InChI=1S/C32H40N8O8S/c1-5-19-17-32(19,29(43)37-49(45,46)21-12-13-21)34-27(41)23-16-20-18-39(23)28(42)25(31(2,3)4)33-30(44)48-15-9-8-14-47-24-11-7-6-10-22(24)26-35-38-40(20)36-26/h5-11,19-21,23,25H,1,12-18H2,2-4H3,(H,33,44)(H,34,41)(H,37,43)/b9-8+/t19-,20-,23+,25-,32-/m1/s1. The summed E-state index contributed by atoms with van der Waals surface area (Å²) in [6.45, 7) is 9.11. The minimum atomic E-state index is -3.89. The molecular formula is C32H40N8O8S. The van der Waals surface area contributed by atoms with Gasteiger partial charge in [-0.15, -0.1) is 16.8 Å². The maximum atomic E-state index is 14.3.